The van der Waals surface area contributed by atoms with E-state index in [0.717, 1.165) is 18.7 Å². The molecule has 2 N–H and O–H groups in total. The lowest BCUT2D eigenvalue weighted by Gasteiger charge is -2.09. The Morgan fingerprint density at radius 1 is 1.55 bits per heavy atom. The molecule has 0 saturated heterocycles. The second-order valence-corrected chi connectivity index (χ2v) is 3.00. The maximum absolute atomic E-state index is 5.84. The summed E-state index contributed by atoms with van der Waals surface area (Å²) >= 11 is 0. The quantitative estimate of drug-likeness (QED) is 0.597. The molecule has 0 aliphatic carbocycles. The summed E-state index contributed by atoms with van der Waals surface area (Å²) < 4.78 is 2.07. The fourth-order valence-corrected chi connectivity index (χ4v) is 1.52. The molecule has 58 valence electrons. The molecule has 1 aliphatic heterocycles. The van der Waals surface area contributed by atoms with Crippen molar-refractivity contribution >= 4 is 12.0 Å². The predicted octanol–water partition coefficient (Wildman–Crippen LogP) is 1.80. The normalized spacial score (nSPS) is 15.0. The van der Waals surface area contributed by atoms with Crippen LogP contribution in [0.1, 0.15) is 17.7 Å². The second-order valence-electron chi connectivity index (χ2n) is 3.00. The van der Waals surface area contributed by atoms with Gasteiger partial charge in [0.05, 0.1) is 0 Å². The number of fused-ring (bicyclic) bond motifs is 1. The lowest BCUT2D eigenvalue weighted by atomic mass is 10.2. The van der Waals surface area contributed by atoms with Gasteiger partial charge in [0, 0.05) is 11.9 Å². The van der Waals surface area contributed by atoms with E-state index in [1.165, 1.54) is 11.3 Å². The summed E-state index contributed by atoms with van der Waals surface area (Å²) in [6.45, 7) is 2.05. The number of allylic oxidation sites excluding steroid dienone is 1. The van der Waals surface area contributed by atoms with Gasteiger partial charge in [-0.3, -0.25) is 0 Å². The van der Waals surface area contributed by atoms with Gasteiger partial charge in [-0.25, -0.2) is 0 Å². The molecule has 0 atom stereocenters. The third-order valence-corrected chi connectivity index (χ3v) is 2.18. The number of aromatic nitrogens is 1. The highest BCUT2D eigenvalue weighted by Crippen LogP contribution is 2.22. The van der Waals surface area contributed by atoms with Crippen molar-refractivity contribution in [3.05, 3.63) is 23.4 Å². The van der Waals surface area contributed by atoms with Crippen LogP contribution in [0.25, 0.3) is 6.20 Å². The van der Waals surface area contributed by atoms with E-state index in [4.69, 9.17) is 5.73 Å². The fraction of sp³-hybridized carbons (Fsp3) is 0.333. The summed E-state index contributed by atoms with van der Waals surface area (Å²) in [7, 11) is 0. The van der Waals surface area contributed by atoms with Crippen molar-refractivity contribution < 1.29 is 0 Å². The number of hydrogen-bond acceptors (Lipinski definition) is 1. The smallest absolute Gasteiger partial charge is 0.110 e. The predicted molar refractivity (Wildman–Crippen MR) is 47.2 cm³/mol. The van der Waals surface area contributed by atoms with Crippen molar-refractivity contribution in [1.29, 1.82) is 0 Å². The zero-order valence-corrected chi connectivity index (χ0v) is 6.67. The van der Waals surface area contributed by atoms with Crippen LogP contribution < -0.4 is 5.73 Å². The number of anilines is 1. The maximum Gasteiger partial charge on any atom is 0.110 e. The zero-order chi connectivity index (χ0) is 7.84. The number of aryl methyl sites for hydroxylation is 2. The monoisotopic (exact) mass is 148 g/mol. The topological polar surface area (TPSA) is 30.9 Å². The van der Waals surface area contributed by atoms with E-state index >= 15 is 0 Å². The Kier molecular flexibility index (Phi) is 1.28. The third-order valence-electron chi connectivity index (χ3n) is 2.18. The highest BCUT2D eigenvalue weighted by atomic mass is 15.0. The summed E-state index contributed by atoms with van der Waals surface area (Å²) in [6, 6.07) is 2.17. The average molecular weight is 148 g/mol. The number of nitrogens with zero attached hydrogens (tertiary/aromatic N) is 1. The highest BCUT2D eigenvalue weighted by molar-refractivity contribution is 5.52. The van der Waals surface area contributed by atoms with E-state index in [-0.39, 0.29) is 0 Å². The van der Waals surface area contributed by atoms with Gasteiger partial charge in [0.15, 0.2) is 0 Å². The molecule has 1 aromatic heterocycles. The minimum Gasteiger partial charge on any atom is -0.385 e. The van der Waals surface area contributed by atoms with Crippen molar-refractivity contribution in [1.82, 2.24) is 4.57 Å². The van der Waals surface area contributed by atoms with Crippen LogP contribution in [0, 0.1) is 6.92 Å². The van der Waals surface area contributed by atoms with Crippen LogP contribution in [-0.4, -0.2) is 4.57 Å². The first-order valence-electron chi connectivity index (χ1n) is 3.92. The van der Waals surface area contributed by atoms with Crippen LogP contribution in [0.15, 0.2) is 12.1 Å². The molecule has 0 bridgehead atoms. The molecular weight excluding hydrogens is 136 g/mol. The first-order chi connectivity index (χ1) is 5.29. The van der Waals surface area contributed by atoms with E-state index in [0.29, 0.717) is 0 Å². The standard InChI is InChI=1S/C9H12N2/c1-7-6-8-4-2-3-5-11(8)9(7)10/h3,5-6H,2,4,10H2,1H3. The van der Waals surface area contributed by atoms with Crippen molar-refractivity contribution in [2.45, 2.75) is 19.8 Å². The van der Waals surface area contributed by atoms with Gasteiger partial charge in [-0.1, -0.05) is 6.08 Å². The Balaban J connectivity index is 2.61. The van der Waals surface area contributed by atoms with Gasteiger partial charge in [0.25, 0.3) is 0 Å². The summed E-state index contributed by atoms with van der Waals surface area (Å²) in [4.78, 5) is 0. The van der Waals surface area contributed by atoms with Gasteiger partial charge >= 0.3 is 0 Å². The lowest BCUT2D eigenvalue weighted by molar-refractivity contribution is 0.882. The Labute approximate surface area is 66.3 Å². The van der Waals surface area contributed by atoms with Gasteiger partial charge < -0.3 is 10.3 Å². The molecule has 2 heteroatoms. The van der Waals surface area contributed by atoms with E-state index in [9.17, 15) is 0 Å². The van der Waals surface area contributed by atoms with Crippen molar-refractivity contribution in [3.63, 3.8) is 0 Å². The Morgan fingerprint density at radius 3 is 3.09 bits per heavy atom. The van der Waals surface area contributed by atoms with Crippen LogP contribution >= 0.6 is 0 Å². The van der Waals surface area contributed by atoms with E-state index in [1.807, 2.05) is 0 Å². The van der Waals surface area contributed by atoms with Gasteiger partial charge in [-0.2, -0.15) is 0 Å². The largest absolute Gasteiger partial charge is 0.385 e. The molecular formula is C9H12N2. The van der Waals surface area contributed by atoms with Gasteiger partial charge in [0.2, 0.25) is 0 Å². The van der Waals surface area contributed by atoms with Crippen molar-refractivity contribution in [3.8, 4) is 0 Å². The average Bonchev–Trinajstić information content (AvgIpc) is 2.30. The number of hydrogen-bond donors (Lipinski definition) is 1. The summed E-state index contributed by atoms with van der Waals surface area (Å²) in [6.07, 6.45) is 6.47. The minimum atomic E-state index is 0.885. The van der Waals surface area contributed by atoms with E-state index < -0.39 is 0 Å². The molecule has 0 saturated carbocycles. The molecule has 2 nitrogen and oxygen atoms in total. The first kappa shape index (κ1) is 6.53. The Bertz CT molecular complexity index is 308. The molecule has 0 amide bonds. The molecule has 2 heterocycles. The number of nitrogens with two attached hydrogens (primary N) is 1. The lowest BCUT2D eigenvalue weighted by Crippen LogP contribution is -2.02. The van der Waals surface area contributed by atoms with Crippen LogP contribution in [0.3, 0.4) is 0 Å². The first-order valence-corrected chi connectivity index (χ1v) is 3.92. The fourth-order valence-electron chi connectivity index (χ4n) is 1.52. The highest BCUT2D eigenvalue weighted by Gasteiger charge is 2.08. The molecule has 0 unspecified atom stereocenters. The Morgan fingerprint density at radius 2 is 2.36 bits per heavy atom. The van der Waals surface area contributed by atoms with Gasteiger partial charge in [-0.05, 0) is 31.4 Å². The molecule has 11 heavy (non-hydrogen) atoms. The van der Waals surface area contributed by atoms with Crippen LogP contribution in [-0.2, 0) is 6.42 Å². The van der Waals surface area contributed by atoms with E-state index in [1.54, 1.807) is 0 Å². The molecule has 0 fully saturated rings. The zero-order valence-electron chi connectivity index (χ0n) is 6.67. The molecule has 1 aliphatic rings. The number of rotatable bonds is 0. The molecule has 0 aromatic carbocycles. The summed E-state index contributed by atoms with van der Waals surface area (Å²) in [5.41, 5.74) is 8.36. The van der Waals surface area contributed by atoms with Gasteiger partial charge in [0.1, 0.15) is 5.82 Å². The van der Waals surface area contributed by atoms with Crippen LogP contribution in [0.2, 0.25) is 0 Å². The maximum atomic E-state index is 5.84. The SMILES string of the molecule is Cc1cc2n(c1N)C=CCC2. The Hall–Kier alpha value is -1.18. The molecule has 2 rings (SSSR count). The van der Waals surface area contributed by atoms with Crippen LogP contribution in [0.4, 0.5) is 5.82 Å². The van der Waals surface area contributed by atoms with Gasteiger partial charge in [-0.15, -0.1) is 0 Å². The second kappa shape index (κ2) is 2.16. The number of nitrogen functional groups attached to an aromatic ring is 1. The minimum absolute atomic E-state index is 0.885. The summed E-state index contributed by atoms with van der Waals surface area (Å²) in [5, 5.41) is 0. The molecule has 1 aromatic rings. The van der Waals surface area contributed by atoms with Crippen LogP contribution in [0.5, 0.6) is 0 Å². The van der Waals surface area contributed by atoms with E-state index in [2.05, 4.69) is 29.8 Å². The van der Waals surface area contributed by atoms with Crippen molar-refractivity contribution in [2.75, 3.05) is 5.73 Å². The summed E-state index contributed by atoms with van der Waals surface area (Å²) in [5.74, 6) is 0.885. The molecule has 0 radical (unpaired) electrons. The third kappa shape index (κ3) is 0.862. The molecule has 0 spiro atoms. The van der Waals surface area contributed by atoms with Crippen molar-refractivity contribution in [2.24, 2.45) is 0 Å².